The van der Waals surface area contributed by atoms with Crippen LogP contribution in [-0.2, 0) is 20.7 Å². The van der Waals surface area contributed by atoms with Gasteiger partial charge in [0.15, 0.2) is 0 Å². The van der Waals surface area contributed by atoms with Gasteiger partial charge in [-0.1, -0.05) is 43.9 Å². The Morgan fingerprint density at radius 3 is 2.37 bits per heavy atom. The number of pyridine rings is 1. The van der Waals surface area contributed by atoms with Gasteiger partial charge in [-0.05, 0) is 73.8 Å². The van der Waals surface area contributed by atoms with E-state index in [1.165, 1.54) is 38.4 Å². The summed E-state index contributed by atoms with van der Waals surface area (Å²) in [6.07, 6.45) is 13.3. The molecular weight excluding hydrogens is 502 g/mol. The Bertz CT molecular complexity index is 993. The lowest BCUT2D eigenvalue weighted by atomic mass is 10.0. The molecule has 0 amide bonds. The molecule has 0 spiro atoms. The van der Waals surface area contributed by atoms with Gasteiger partial charge >= 0.3 is 11.9 Å². The number of nitrogens with zero attached hydrogens (tertiary/aromatic N) is 1. The number of unbranched alkanes of at least 4 members (excludes halogenated alkanes) is 6. The Morgan fingerprint density at radius 2 is 1.66 bits per heavy atom. The molecule has 1 N–H and O–H groups in total. The fraction of sp³-hybridized carbons (Fsp3) is 0.500. The maximum absolute atomic E-state index is 11.2. The molecule has 0 radical (unpaired) electrons. The van der Waals surface area contributed by atoms with Crippen LogP contribution in [0.3, 0.4) is 0 Å². The smallest absolute Gasteiger partial charge is 0.307 e. The molecule has 0 aliphatic heterocycles. The Hall–Kier alpha value is -3.00. The van der Waals surface area contributed by atoms with Crippen molar-refractivity contribution < 1.29 is 28.9 Å². The number of rotatable bonds is 20. The molecule has 0 unspecified atom stereocenters. The summed E-state index contributed by atoms with van der Waals surface area (Å²) in [5.41, 5.74) is 1.99. The number of aromatic nitrogens is 1. The average molecular weight is 544 g/mol. The number of carboxylic acid groups (broad SMARTS) is 1. The molecule has 0 bridgehead atoms. The van der Waals surface area contributed by atoms with Crippen LogP contribution < -0.4 is 9.47 Å². The number of hydrogen-bond acceptors (Lipinski definition) is 7. The van der Waals surface area contributed by atoms with E-state index in [2.05, 4.69) is 21.9 Å². The summed E-state index contributed by atoms with van der Waals surface area (Å²) in [6, 6.07) is 12.1. The van der Waals surface area contributed by atoms with E-state index in [0.29, 0.717) is 24.5 Å². The molecule has 0 saturated heterocycles. The number of ether oxygens (including phenoxy) is 3. The van der Waals surface area contributed by atoms with Gasteiger partial charge in [-0.2, -0.15) is 0 Å². The maximum atomic E-state index is 11.2. The first-order chi connectivity index (χ1) is 18.5. The molecule has 38 heavy (non-hydrogen) atoms. The van der Waals surface area contributed by atoms with Gasteiger partial charge in [0.25, 0.3) is 0 Å². The second-order valence-electron chi connectivity index (χ2n) is 8.98. The summed E-state index contributed by atoms with van der Waals surface area (Å²) < 4.78 is 15.9. The minimum Gasteiger partial charge on any atom is -0.497 e. The number of thioether (sulfide) groups is 1. The Balaban J connectivity index is 1.69. The van der Waals surface area contributed by atoms with Crippen LogP contribution in [0.25, 0.3) is 6.08 Å². The van der Waals surface area contributed by atoms with Crippen LogP contribution in [0.5, 0.6) is 11.5 Å². The molecule has 0 aliphatic carbocycles. The third-order valence-corrected chi connectivity index (χ3v) is 6.97. The van der Waals surface area contributed by atoms with Crippen LogP contribution in [0.4, 0.5) is 0 Å². The highest BCUT2D eigenvalue weighted by Gasteiger charge is 2.07. The van der Waals surface area contributed by atoms with Crippen LogP contribution in [-0.4, -0.2) is 48.6 Å². The summed E-state index contributed by atoms with van der Waals surface area (Å²) in [6.45, 7) is 0.604. The van der Waals surface area contributed by atoms with Crippen molar-refractivity contribution in [3.63, 3.8) is 0 Å². The maximum Gasteiger partial charge on any atom is 0.307 e. The zero-order valence-corrected chi connectivity index (χ0v) is 23.5. The van der Waals surface area contributed by atoms with Gasteiger partial charge in [0, 0.05) is 6.42 Å². The van der Waals surface area contributed by atoms with Gasteiger partial charge in [-0.15, -0.1) is 11.8 Å². The molecule has 0 fully saturated rings. The predicted molar refractivity (Wildman–Crippen MR) is 152 cm³/mol. The first kappa shape index (κ1) is 31.2. The number of carboxylic acids is 1. The summed E-state index contributed by atoms with van der Waals surface area (Å²) in [5.74, 6) is 1.33. The minimum atomic E-state index is -0.885. The number of benzene rings is 1. The standard InChI is InChI=1S/C30H41NO6S/c1-35-25-18-16-24(17-19-25)12-7-5-3-4-6-9-22-37-27-20-21-28(31-26(27)13-11-14-29(32)33)38-23-10-8-15-30(34)36-2/h11,13,16-21H,3-10,12,14-15,22-23H2,1-2H3,(H,32,33). The Morgan fingerprint density at radius 1 is 0.921 bits per heavy atom. The molecule has 208 valence electrons. The topological polar surface area (TPSA) is 95.0 Å². The molecular formula is C30H41NO6S. The SMILES string of the molecule is COC(=O)CCCCSc1ccc(OCCCCCCCCc2ccc(OC)cc2)c(C=CCC(=O)O)n1. The summed E-state index contributed by atoms with van der Waals surface area (Å²) in [7, 11) is 3.09. The lowest BCUT2D eigenvalue weighted by Gasteiger charge is -2.10. The molecule has 1 aromatic heterocycles. The summed E-state index contributed by atoms with van der Waals surface area (Å²) in [4.78, 5) is 26.8. The number of aryl methyl sites for hydroxylation is 1. The van der Waals surface area contributed by atoms with E-state index in [0.717, 1.165) is 48.6 Å². The highest BCUT2D eigenvalue weighted by atomic mass is 32.2. The van der Waals surface area contributed by atoms with Crippen molar-refractivity contribution in [2.24, 2.45) is 0 Å². The number of methoxy groups -OCH3 is 2. The fourth-order valence-corrected chi connectivity index (χ4v) is 4.68. The van der Waals surface area contributed by atoms with E-state index >= 15 is 0 Å². The molecule has 0 saturated carbocycles. The predicted octanol–water partition coefficient (Wildman–Crippen LogP) is 6.98. The lowest BCUT2D eigenvalue weighted by Crippen LogP contribution is -2.01. The quantitative estimate of drug-likeness (QED) is 0.109. The van der Waals surface area contributed by atoms with Crippen LogP contribution >= 0.6 is 11.8 Å². The van der Waals surface area contributed by atoms with Gasteiger partial charge < -0.3 is 19.3 Å². The van der Waals surface area contributed by atoms with Crippen molar-refractivity contribution in [1.82, 2.24) is 4.98 Å². The van der Waals surface area contributed by atoms with E-state index in [1.807, 2.05) is 24.3 Å². The second-order valence-corrected chi connectivity index (χ2v) is 10.1. The largest absolute Gasteiger partial charge is 0.497 e. The van der Waals surface area contributed by atoms with Gasteiger partial charge in [-0.25, -0.2) is 4.98 Å². The molecule has 0 aliphatic rings. The second kappa shape index (κ2) is 19.1. The minimum absolute atomic E-state index is 0.0650. The van der Waals surface area contributed by atoms with E-state index in [4.69, 9.17) is 14.6 Å². The molecule has 7 nitrogen and oxygen atoms in total. The van der Waals surface area contributed by atoms with Gasteiger partial charge in [-0.3, -0.25) is 9.59 Å². The van der Waals surface area contributed by atoms with Gasteiger partial charge in [0.2, 0.25) is 0 Å². The first-order valence-electron chi connectivity index (χ1n) is 13.4. The van der Waals surface area contributed by atoms with Gasteiger partial charge in [0.1, 0.15) is 17.2 Å². The van der Waals surface area contributed by atoms with Crippen LogP contribution in [0, 0.1) is 0 Å². The van der Waals surface area contributed by atoms with E-state index in [9.17, 15) is 9.59 Å². The monoisotopic (exact) mass is 543 g/mol. The van der Waals surface area contributed by atoms with Crippen molar-refractivity contribution in [1.29, 1.82) is 0 Å². The average Bonchev–Trinajstić information content (AvgIpc) is 2.92. The van der Waals surface area contributed by atoms with Crippen molar-refractivity contribution >= 4 is 29.8 Å². The summed E-state index contributed by atoms with van der Waals surface area (Å²) in [5, 5.41) is 9.80. The number of esters is 1. The van der Waals surface area contributed by atoms with Crippen LogP contribution in [0.1, 0.15) is 75.5 Å². The van der Waals surface area contributed by atoms with Crippen LogP contribution in [0.2, 0.25) is 0 Å². The highest BCUT2D eigenvalue weighted by molar-refractivity contribution is 7.99. The number of aliphatic carboxylic acids is 1. The molecule has 2 rings (SSSR count). The summed E-state index contributed by atoms with van der Waals surface area (Å²) >= 11 is 1.61. The molecule has 1 heterocycles. The number of carbonyl (C=O) groups is 2. The Labute approximate surface area is 231 Å². The molecule has 8 heteroatoms. The van der Waals surface area contributed by atoms with E-state index in [1.54, 1.807) is 31.0 Å². The lowest BCUT2D eigenvalue weighted by molar-refractivity contribution is -0.140. The molecule has 0 atom stereocenters. The number of hydrogen-bond donors (Lipinski definition) is 1. The Kier molecular flexibility index (Phi) is 15.7. The van der Waals surface area contributed by atoms with E-state index < -0.39 is 5.97 Å². The zero-order valence-electron chi connectivity index (χ0n) is 22.7. The highest BCUT2D eigenvalue weighted by Crippen LogP contribution is 2.25. The normalized spacial score (nSPS) is 11.0. The van der Waals surface area contributed by atoms with Crippen molar-refractivity contribution in [2.75, 3.05) is 26.6 Å². The van der Waals surface area contributed by atoms with Crippen molar-refractivity contribution in [3.8, 4) is 11.5 Å². The molecule has 1 aromatic carbocycles. The molecule has 2 aromatic rings. The van der Waals surface area contributed by atoms with Crippen LogP contribution in [0.15, 0.2) is 47.5 Å². The van der Waals surface area contributed by atoms with Crippen molar-refractivity contribution in [2.45, 2.75) is 75.7 Å². The third kappa shape index (κ3) is 13.5. The fourth-order valence-electron chi connectivity index (χ4n) is 3.80. The van der Waals surface area contributed by atoms with Gasteiger partial charge in [0.05, 0.1) is 32.3 Å². The first-order valence-corrected chi connectivity index (χ1v) is 14.3. The third-order valence-electron chi connectivity index (χ3n) is 5.96. The zero-order chi connectivity index (χ0) is 27.4. The van der Waals surface area contributed by atoms with E-state index in [-0.39, 0.29) is 12.4 Å². The van der Waals surface area contributed by atoms with Crippen molar-refractivity contribution in [3.05, 3.63) is 53.7 Å². The number of carbonyl (C=O) groups excluding carboxylic acids is 1.